The van der Waals surface area contributed by atoms with Crippen molar-refractivity contribution in [2.24, 2.45) is 0 Å². The Morgan fingerprint density at radius 2 is 2.04 bits per heavy atom. The lowest BCUT2D eigenvalue weighted by Gasteiger charge is -2.27. The van der Waals surface area contributed by atoms with Gasteiger partial charge in [0.25, 0.3) is 10.2 Å². The van der Waals surface area contributed by atoms with Crippen LogP contribution in [0.5, 0.6) is 0 Å². The number of halogens is 2. The summed E-state index contributed by atoms with van der Waals surface area (Å²) < 4.78 is 42.8. The van der Waals surface area contributed by atoms with Gasteiger partial charge in [0.1, 0.15) is 5.82 Å². The quantitative estimate of drug-likeness (QED) is 0.631. The number of pyridine rings is 1. The number of nitriles is 1. The summed E-state index contributed by atoms with van der Waals surface area (Å²) in [6.45, 7) is -0.0924. The Bertz CT molecular complexity index is 887. The van der Waals surface area contributed by atoms with Crippen LogP contribution in [0.15, 0.2) is 47.1 Å². The van der Waals surface area contributed by atoms with Crippen molar-refractivity contribution >= 4 is 26.1 Å². The second-order valence-electron chi connectivity index (χ2n) is 5.56. The van der Waals surface area contributed by atoms with Gasteiger partial charge < -0.3 is 0 Å². The topological polar surface area (TPSA) is 77.3 Å². The van der Waals surface area contributed by atoms with E-state index in [1.54, 1.807) is 30.5 Å². The van der Waals surface area contributed by atoms with Crippen molar-refractivity contribution in [2.45, 2.75) is 19.5 Å². The van der Waals surface area contributed by atoms with Gasteiger partial charge in [-0.05, 0) is 24.3 Å². The van der Waals surface area contributed by atoms with Gasteiger partial charge in [0, 0.05) is 42.8 Å². The minimum absolute atomic E-state index is 0.00439. The molecule has 9 heteroatoms. The van der Waals surface area contributed by atoms with E-state index in [1.807, 2.05) is 6.07 Å². The smallest absolute Gasteiger partial charge is 0.260 e. The second-order valence-corrected chi connectivity index (χ2v) is 8.51. The minimum atomic E-state index is -3.90. The maximum atomic E-state index is 14.2. The van der Waals surface area contributed by atoms with E-state index in [-0.39, 0.29) is 31.6 Å². The zero-order valence-electron chi connectivity index (χ0n) is 14.1. The first-order valence-corrected chi connectivity index (χ1v) is 9.96. The summed E-state index contributed by atoms with van der Waals surface area (Å²) in [6.07, 6.45) is 1.64. The molecule has 0 N–H and O–H groups in total. The predicted molar refractivity (Wildman–Crippen MR) is 99.4 cm³/mol. The maximum Gasteiger partial charge on any atom is 0.282 e. The highest BCUT2D eigenvalue weighted by Crippen LogP contribution is 2.20. The van der Waals surface area contributed by atoms with E-state index >= 15 is 0 Å². The number of nitrogens with zero attached hydrogens (tertiary/aromatic N) is 4. The molecule has 0 saturated carbocycles. The fourth-order valence-electron chi connectivity index (χ4n) is 2.25. The van der Waals surface area contributed by atoms with Crippen LogP contribution in [-0.4, -0.2) is 35.6 Å². The van der Waals surface area contributed by atoms with Gasteiger partial charge in [0.05, 0.1) is 18.3 Å². The largest absolute Gasteiger partial charge is 0.282 e. The van der Waals surface area contributed by atoms with Crippen molar-refractivity contribution in [3.05, 3.63) is 64.1 Å². The first-order valence-electron chi connectivity index (χ1n) is 7.77. The minimum Gasteiger partial charge on any atom is -0.260 e. The van der Waals surface area contributed by atoms with Crippen LogP contribution in [0.1, 0.15) is 17.7 Å². The summed E-state index contributed by atoms with van der Waals surface area (Å²) in [7, 11) is -2.50. The first kappa shape index (κ1) is 20.5. The van der Waals surface area contributed by atoms with E-state index in [1.165, 1.54) is 19.2 Å². The standard InChI is InChI=1S/C17H18BrFN4O2S/c1-22(10-4-8-20)26(24,25)23(13-16-5-2-3-9-21-16)12-14-6-7-15(18)11-17(14)19/h2-3,5-7,9,11H,4,10,12-13H2,1H3. The summed E-state index contributed by atoms with van der Waals surface area (Å²) in [6, 6.07) is 11.6. The highest BCUT2D eigenvalue weighted by Gasteiger charge is 2.28. The zero-order chi connectivity index (χ0) is 19.2. The Labute approximate surface area is 161 Å². The Morgan fingerprint density at radius 1 is 1.27 bits per heavy atom. The van der Waals surface area contributed by atoms with E-state index in [0.717, 1.165) is 8.61 Å². The Kier molecular flexibility index (Phi) is 7.23. The van der Waals surface area contributed by atoms with Crippen LogP contribution in [0.4, 0.5) is 4.39 Å². The molecule has 0 atom stereocenters. The molecule has 0 spiro atoms. The van der Waals surface area contributed by atoms with Crippen molar-refractivity contribution < 1.29 is 12.8 Å². The van der Waals surface area contributed by atoms with E-state index in [9.17, 15) is 12.8 Å². The number of benzene rings is 1. The molecule has 2 aromatic rings. The van der Waals surface area contributed by atoms with Crippen LogP contribution in [0, 0.1) is 17.1 Å². The molecule has 0 amide bonds. The zero-order valence-corrected chi connectivity index (χ0v) is 16.5. The molecule has 1 heterocycles. The van der Waals surface area contributed by atoms with Gasteiger partial charge in [-0.15, -0.1) is 0 Å². The fraction of sp³-hybridized carbons (Fsp3) is 0.294. The molecular formula is C17H18BrFN4O2S. The lowest BCUT2D eigenvalue weighted by molar-refractivity contribution is 0.344. The first-order chi connectivity index (χ1) is 12.3. The lowest BCUT2D eigenvalue weighted by Crippen LogP contribution is -2.41. The Morgan fingerprint density at radius 3 is 2.65 bits per heavy atom. The molecule has 0 radical (unpaired) electrons. The van der Waals surface area contributed by atoms with Gasteiger partial charge in [-0.3, -0.25) is 4.98 Å². The monoisotopic (exact) mass is 440 g/mol. The van der Waals surface area contributed by atoms with Gasteiger partial charge in [0.15, 0.2) is 0 Å². The molecule has 2 rings (SSSR count). The molecule has 0 unspecified atom stereocenters. The number of rotatable bonds is 8. The highest BCUT2D eigenvalue weighted by molar-refractivity contribution is 9.10. The molecule has 0 aliphatic rings. The Balaban J connectivity index is 2.33. The Hall–Kier alpha value is -1.86. The molecule has 0 bridgehead atoms. The van der Waals surface area contributed by atoms with Crippen LogP contribution >= 0.6 is 15.9 Å². The van der Waals surface area contributed by atoms with Crippen LogP contribution in [0.2, 0.25) is 0 Å². The normalized spacial score (nSPS) is 11.7. The van der Waals surface area contributed by atoms with Gasteiger partial charge in [0.2, 0.25) is 0 Å². The molecule has 1 aromatic heterocycles. The number of hydrogen-bond acceptors (Lipinski definition) is 4. The molecule has 138 valence electrons. The van der Waals surface area contributed by atoms with E-state index in [0.29, 0.717) is 10.2 Å². The molecule has 0 fully saturated rings. The molecular weight excluding hydrogens is 423 g/mol. The molecule has 0 aliphatic carbocycles. The summed E-state index contributed by atoms with van der Waals surface area (Å²) in [5, 5.41) is 8.70. The lowest BCUT2D eigenvalue weighted by atomic mass is 10.2. The van der Waals surface area contributed by atoms with Gasteiger partial charge >= 0.3 is 0 Å². The van der Waals surface area contributed by atoms with Crippen molar-refractivity contribution in [1.29, 1.82) is 5.26 Å². The van der Waals surface area contributed by atoms with Crippen molar-refractivity contribution in [3.63, 3.8) is 0 Å². The maximum absolute atomic E-state index is 14.2. The van der Waals surface area contributed by atoms with Gasteiger partial charge in [-0.25, -0.2) is 4.39 Å². The van der Waals surface area contributed by atoms with Gasteiger partial charge in [-0.1, -0.05) is 28.1 Å². The molecule has 1 aromatic carbocycles. The van der Waals surface area contributed by atoms with Crippen LogP contribution in [0.25, 0.3) is 0 Å². The van der Waals surface area contributed by atoms with Crippen LogP contribution < -0.4 is 0 Å². The summed E-state index contributed by atoms with van der Waals surface area (Å²) in [5.41, 5.74) is 0.795. The number of aromatic nitrogens is 1. The third-order valence-electron chi connectivity index (χ3n) is 3.68. The second kappa shape index (κ2) is 9.19. The SMILES string of the molecule is CN(CCC#N)S(=O)(=O)N(Cc1ccccn1)Cc1ccc(Br)cc1F. The van der Waals surface area contributed by atoms with Crippen LogP contribution in [0.3, 0.4) is 0 Å². The molecule has 6 nitrogen and oxygen atoms in total. The van der Waals surface area contributed by atoms with Crippen LogP contribution in [-0.2, 0) is 23.3 Å². The molecule has 26 heavy (non-hydrogen) atoms. The number of hydrogen-bond donors (Lipinski definition) is 0. The van der Waals surface area contributed by atoms with E-state index in [2.05, 4.69) is 20.9 Å². The predicted octanol–water partition coefficient (Wildman–Crippen LogP) is 3.08. The van der Waals surface area contributed by atoms with Gasteiger partial charge in [-0.2, -0.15) is 22.3 Å². The van der Waals surface area contributed by atoms with Crippen molar-refractivity contribution in [3.8, 4) is 6.07 Å². The van der Waals surface area contributed by atoms with Crippen molar-refractivity contribution in [1.82, 2.24) is 13.6 Å². The highest BCUT2D eigenvalue weighted by atomic mass is 79.9. The molecule has 0 saturated heterocycles. The summed E-state index contributed by atoms with van der Waals surface area (Å²) in [4.78, 5) is 4.15. The third-order valence-corrected chi connectivity index (χ3v) is 6.06. The van der Waals surface area contributed by atoms with Crippen molar-refractivity contribution in [2.75, 3.05) is 13.6 Å². The average Bonchev–Trinajstić information content (AvgIpc) is 2.61. The van der Waals surface area contributed by atoms with E-state index in [4.69, 9.17) is 5.26 Å². The summed E-state index contributed by atoms with van der Waals surface area (Å²) in [5.74, 6) is -0.500. The summed E-state index contributed by atoms with van der Waals surface area (Å²) >= 11 is 3.19. The van der Waals surface area contributed by atoms with E-state index < -0.39 is 16.0 Å². The third kappa shape index (κ3) is 5.32. The molecule has 0 aliphatic heterocycles. The average molecular weight is 441 g/mol. The fourth-order valence-corrected chi connectivity index (χ4v) is 3.90.